The summed E-state index contributed by atoms with van der Waals surface area (Å²) in [4.78, 5) is 14.5. The number of ketones is 1. The molecule has 0 spiro atoms. The molecule has 0 aromatic carbocycles. The van der Waals surface area contributed by atoms with Crippen LogP contribution < -0.4 is 4.74 Å². The SMILES string of the molecule is CCOc1cncc(C(=O)C(F)(F)C(F)(F)F)c1. The number of hydrogen-bond acceptors (Lipinski definition) is 3. The number of carbonyl (C=O) groups excluding carboxylic acids is 1. The molecule has 0 amide bonds. The number of ether oxygens (including phenoxy) is 1. The Morgan fingerprint density at radius 1 is 1.28 bits per heavy atom. The van der Waals surface area contributed by atoms with Crippen molar-refractivity contribution in [3.05, 3.63) is 24.0 Å². The molecule has 8 heteroatoms. The minimum absolute atomic E-state index is 0.0543. The summed E-state index contributed by atoms with van der Waals surface area (Å²) < 4.78 is 66.4. The van der Waals surface area contributed by atoms with Gasteiger partial charge in [0.25, 0.3) is 0 Å². The molecule has 1 aromatic rings. The number of halogens is 5. The van der Waals surface area contributed by atoms with E-state index in [1.54, 1.807) is 6.92 Å². The number of Topliss-reactive ketones (excluding diaryl/α,β-unsaturated/α-hetero) is 1. The van der Waals surface area contributed by atoms with Crippen molar-refractivity contribution in [1.29, 1.82) is 0 Å². The second-order valence-electron chi connectivity index (χ2n) is 3.24. The molecule has 18 heavy (non-hydrogen) atoms. The monoisotopic (exact) mass is 269 g/mol. The topological polar surface area (TPSA) is 39.2 Å². The van der Waals surface area contributed by atoms with E-state index in [0.717, 1.165) is 12.3 Å². The van der Waals surface area contributed by atoms with Gasteiger partial charge < -0.3 is 4.74 Å². The largest absolute Gasteiger partial charge is 0.492 e. The fraction of sp³-hybridized carbons (Fsp3) is 0.400. The maximum absolute atomic E-state index is 12.8. The highest BCUT2D eigenvalue weighted by Crippen LogP contribution is 2.38. The van der Waals surface area contributed by atoms with Crippen molar-refractivity contribution >= 4 is 5.78 Å². The molecular formula is C10H8F5NO2. The van der Waals surface area contributed by atoms with Gasteiger partial charge in [0.05, 0.1) is 12.8 Å². The van der Waals surface area contributed by atoms with Crippen molar-refractivity contribution in [1.82, 2.24) is 4.98 Å². The number of aromatic nitrogens is 1. The Morgan fingerprint density at radius 3 is 2.39 bits per heavy atom. The standard InChI is InChI=1S/C10H8F5NO2/c1-2-18-7-3-6(4-16-5-7)8(17)9(11,12)10(13,14)15/h3-5H,2H2,1H3. The first kappa shape index (κ1) is 14.3. The van der Waals surface area contributed by atoms with Crippen LogP contribution >= 0.6 is 0 Å². The van der Waals surface area contributed by atoms with Crippen LogP contribution in [0.25, 0.3) is 0 Å². The molecule has 0 atom stereocenters. The lowest BCUT2D eigenvalue weighted by Gasteiger charge is -2.18. The van der Waals surface area contributed by atoms with E-state index in [9.17, 15) is 26.7 Å². The zero-order valence-corrected chi connectivity index (χ0v) is 9.09. The highest BCUT2D eigenvalue weighted by atomic mass is 19.4. The Balaban J connectivity index is 3.08. The predicted octanol–water partition coefficient (Wildman–Crippen LogP) is 2.86. The van der Waals surface area contributed by atoms with Crippen LogP contribution in [-0.4, -0.2) is 29.5 Å². The Hall–Kier alpha value is -1.73. The minimum atomic E-state index is -5.94. The molecule has 3 nitrogen and oxygen atoms in total. The van der Waals surface area contributed by atoms with Gasteiger partial charge in [-0.25, -0.2) is 0 Å². The van der Waals surface area contributed by atoms with Gasteiger partial charge in [-0.05, 0) is 13.0 Å². The van der Waals surface area contributed by atoms with E-state index in [-0.39, 0.29) is 12.4 Å². The van der Waals surface area contributed by atoms with Gasteiger partial charge in [-0.15, -0.1) is 0 Å². The second-order valence-corrected chi connectivity index (χ2v) is 3.24. The summed E-state index contributed by atoms with van der Waals surface area (Å²) in [5.41, 5.74) is -0.858. The molecular weight excluding hydrogens is 261 g/mol. The van der Waals surface area contributed by atoms with Crippen LogP contribution in [0.1, 0.15) is 17.3 Å². The van der Waals surface area contributed by atoms with Crippen LogP contribution in [-0.2, 0) is 0 Å². The average molecular weight is 269 g/mol. The van der Waals surface area contributed by atoms with E-state index in [1.165, 1.54) is 0 Å². The van der Waals surface area contributed by atoms with Crippen molar-refractivity contribution in [2.24, 2.45) is 0 Å². The van der Waals surface area contributed by atoms with Crippen LogP contribution in [0.15, 0.2) is 18.5 Å². The smallest absolute Gasteiger partial charge is 0.461 e. The van der Waals surface area contributed by atoms with Gasteiger partial charge in [0, 0.05) is 11.8 Å². The molecule has 100 valence electrons. The molecule has 0 unspecified atom stereocenters. The number of rotatable bonds is 4. The zero-order valence-electron chi connectivity index (χ0n) is 9.09. The third-order valence-electron chi connectivity index (χ3n) is 1.93. The van der Waals surface area contributed by atoms with E-state index < -0.39 is 23.4 Å². The van der Waals surface area contributed by atoms with E-state index in [2.05, 4.69) is 4.98 Å². The molecule has 0 fully saturated rings. The lowest BCUT2D eigenvalue weighted by atomic mass is 10.1. The number of pyridine rings is 1. The third kappa shape index (κ3) is 2.74. The maximum Gasteiger partial charge on any atom is 0.461 e. The van der Waals surface area contributed by atoms with Gasteiger partial charge in [-0.2, -0.15) is 22.0 Å². The van der Waals surface area contributed by atoms with Gasteiger partial charge in [0.2, 0.25) is 5.78 Å². The fourth-order valence-corrected chi connectivity index (χ4v) is 1.10. The summed E-state index contributed by atoms with van der Waals surface area (Å²) in [5.74, 6) is -7.86. The first-order valence-electron chi connectivity index (χ1n) is 4.77. The quantitative estimate of drug-likeness (QED) is 0.623. The summed E-state index contributed by atoms with van der Waals surface area (Å²) in [6.07, 6.45) is -4.21. The van der Waals surface area contributed by atoms with Crippen LogP contribution in [0.5, 0.6) is 5.75 Å². The Bertz CT molecular complexity index is 444. The molecule has 0 aliphatic carbocycles. The Kier molecular flexibility index (Phi) is 3.88. The van der Waals surface area contributed by atoms with Crippen LogP contribution in [0, 0.1) is 0 Å². The molecule has 0 aliphatic rings. The van der Waals surface area contributed by atoms with Crippen LogP contribution in [0.4, 0.5) is 22.0 Å². The third-order valence-corrected chi connectivity index (χ3v) is 1.93. The molecule has 0 bridgehead atoms. The molecule has 0 aliphatic heterocycles. The molecule has 1 aromatic heterocycles. The molecule has 0 saturated heterocycles. The predicted molar refractivity (Wildman–Crippen MR) is 50.7 cm³/mol. The van der Waals surface area contributed by atoms with Crippen LogP contribution in [0.3, 0.4) is 0 Å². The van der Waals surface area contributed by atoms with E-state index in [4.69, 9.17) is 4.74 Å². The summed E-state index contributed by atoms with van der Waals surface area (Å²) in [5, 5.41) is 0. The van der Waals surface area contributed by atoms with Gasteiger partial charge in [0.15, 0.2) is 0 Å². The van der Waals surface area contributed by atoms with Gasteiger partial charge >= 0.3 is 12.1 Å². The zero-order chi connectivity index (χ0) is 14.0. The summed E-state index contributed by atoms with van der Waals surface area (Å²) in [6, 6.07) is 0.790. The van der Waals surface area contributed by atoms with Crippen molar-refractivity contribution in [3.8, 4) is 5.75 Å². The number of alkyl halides is 5. The molecule has 1 heterocycles. The number of carbonyl (C=O) groups is 1. The Labute approximate surface area is 98.6 Å². The molecule has 0 saturated carbocycles. The van der Waals surface area contributed by atoms with Crippen LogP contribution in [0.2, 0.25) is 0 Å². The highest BCUT2D eigenvalue weighted by molar-refractivity contribution is 6.01. The first-order valence-corrected chi connectivity index (χ1v) is 4.77. The van der Waals surface area contributed by atoms with Crippen molar-refractivity contribution in [2.45, 2.75) is 19.0 Å². The maximum atomic E-state index is 12.8. The van der Waals surface area contributed by atoms with Gasteiger partial charge in [-0.3, -0.25) is 9.78 Å². The average Bonchev–Trinajstić information content (AvgIpc) is 2.27. The van der Waals surface area contributed by atoms with Crippen molar-refractivity contribution < 1.29 is 31.5 Å². The van der Waals surface area contributed by atoms with Gasteiger partial charge in [0.1, 0.15) is 5.75 Å². The first-order chi connectivity index (χ1) is 8.20. The Morgan fingerprint density at radius 2 is 1.89 bits per heavy atom. The van der Waals surface area contributed by atoms with Gasteiger partial charge in [-0.1, -0.05) is 0 Å². The number of nitrogens with zero attached hydrogens (tertiary/aromatic N) is 1. The summed E-state index contributed by atoms with van der Waals surface area (Å²) >= 11 is 0. The normalized spacial score (nSPS) is 12.3. The molecule has 1 rings (SSSR count). The van der Waals surface area contributed by atoms with E-state index >= 15 is 0 Å². The summed E-state index contributed by atoms with van der Waals surface area (Å²) in [7, 11) is 0. The highest BCUT2D eigenvalue weighted by Gasteiger charge is 2.63. The lowest BCUT2D eigenvalue weighted by Crippen LogP contribution is -2.44. The molecule has 0 radical (unpaired) electrons. The van der Waals surface area contributed by atoms with E-state index in [1.807, 2.05) is 0 Å². The van der Waals surface area contributed by atoms with E-state index in [0.29, 0.717) is 6.20 Å². The fourth-order valence-electron chi connectivity index (χ4n) is 1.10. The summed E-state index contributed by atoms with van der Waals surface area (Å²) in [6.45, 7) is 1.74. The molecule has 0 N–H and O–H groups in total. The van der Waals surface area contributed by atoms with Crippen molar-refractivity contribution in [3.63, 3.8) is 0 Å². The van der Waals surface area contributed by atoms with Crippen molar-refractivity contribution in [2.75, 3.05) is 6.61 Å². The second kappa shape index (κ2) is 4.87. The lowest BCUT2D eigenvalue weighted by molar-refractivity contribution is -0.255. The minimum Gasteiger partial charge on any atom is -0.492 e. The number of hydrogen-bond donors (Lipinski definition) is 0.